The van der Waals surface area contributed by atoms with Crippen LogP contribution < -0.4 is 10.1 Å². The largest absolute Gasteiger partial charge is 0.496 e. The lowest BCUT2D eigenvalue weighted by Crippen LogP contribution is -2.15. The van der Waals surface area contributed by atoms with E-state index in [0.717, 1.165) is 16.8 Å². The van der Waals surface area contributed by atoms with Gasteiger partial charge in [0.1, 0.15) is 11.6 Å². The van der Waals surface area contributed by atoms with Crippen LogP contribution in [0.25, 0.3) is 17.1 Å². The van der Waals surface area contributed by atoms with Crippen molar-refractivity contribution in [2.24, 2.45) is 0 Å². The molecular formula is C23H20ClN5O2S. The van der Waals surface area contributed by atoms with Crippen molar-refractivity contribution < 1.29 is 9.53 Å². The van der Waals surface area contributed by atoms with Gasteiger partial charge < -0.3 is 10.1 Å². The number of anilines is 1. The van der Waals surface area contributed by atoms with Crippen molar-refractivity contribution in [3.05, 3.63) is 77.4 Å². The maximum Gasteiger partial charge on any atom is 0.236 e. The zero-order valence-electron chi connectivity index (χ0n) is 17.4. The minimum Gasteiger partial charge on any atom is -0.496 e. The topological polar surface area (TPSA) is 81.9 Å². The summed E-state index contributed by atoms with van der Waals surface area (Å²) in [4.78, 5) is 16.5. The average Bonchev–Trinajstić information content (AvgIpc) is 3.23. The molecule has 2 heterocycles. The molecule has 0 radical (unpaired) electrons. The van der Waals surface area contributed by atoms with Gasteiger partial charge in [-0.25, -0.2) is 4.98 Å². The third-order valence-corrected chi connectivity index (χ3v) is 5.75. The van der Waals surface area contributed by atoms with Crippen LogP contribution in [0.4, 0.5) is 5.82 Å². The van der Waals surface area contributed by atoms with E-state index in [-0.39, 0.29) is 11.7 Å². The molecule has 9 heteroatoms. The van der Waals surface area contributed by atoms with E-state index in [4.69, 9.17) is 16.3 Å². The molecule has 0 aliphatic heterocycles. The first kappa shape index (κ1) is 21.9. The maximum absolute atomic E-state index is 12.5. The number of amides is 1. The summed E-state index contributed by atoms with van der Waals surface area (Å²) in [6, 6.07) is 19.0. The van der Waals surface area contributed by atoms with Gasteiger partial charge in [-0.3, -0.25) is 9.36 Å². The molecule has 162 valence electrons. The number of halogens is 1. The zero-order chi connectivity index (χ0) is 22.5. The summed E-state index contributed by atoms with van der Waals surface area (Å²) in [7, 11) is 1.62. The van der Waals surface area contributed by atoms with E-state index >= 15 is 0 Å². The van der Waals surface area contributed by atoms with Crippen molar-refractivity contribution in [1.29, 1.82) is 0 Å². The number of nitrogens with zero attached hydrogens (tertiary/aromatic N) is 4. The molecule has 7 nitrogen and oxygen atoms in total. The summed E-state index contributed by atoms with van der Waals surface area (Å²) in [5, 5.41) is 12.6. The Balaban J connectivity index is 1.63. The van der Waals surface area contributed by atoms with E-state index in [1.807, 2.05) is 60.0 Å². The van der Waals surface area contributed by atoms with Gasteiger partial charge in [-0.05, 0) is 43.3 Å². The van der Waals surface area contributed by atoms with Crippen molar-refractivity contribution in [3.8, 4) is 22.8 Å². The summed E-state index contributed by atoms with van der Waals surface area (Å²) in [5.41, 5.74) is 2.85. The highest BCUT2D eigenvalue weighted by molar-refractivity contribution is 7.99. The first-order valence-corrected chi connectivity index (χ1v) is 11.1. The van der Waals surface area contributed by atoms with Crippen molar-refractivity contribution >= 4 is 35.1 Å². The van der Waals surface area contributed by atoms with Crippen LogP contribution in [0.3, 0.4) is 0 Å². The summed E-state index contributed by atoms with van der Waals surface area (Å²) in [5.74, 6) is 1.70. The predicted molar refractivity (Wildman–Crippen MR) is 127 cm³/mol. The molecule has 0 aliphatic carbocycles. The minimum absolute atomic E-state index is 0.139. The fourth-order valence-electron chi connectivity index (χ4n) is 3.05. The molecule has 0 spiro atoms. The molecule has 1 amide bonds. The van der Waals surface area contributed by atoms with Crippen LogP contribution in [0, 0.1) is 6.92 Å². The number of methoxy groups -OCH3 is 1. The fourth-order valence-corrected chi connectivity index (χ4v) is 3.92. The Morgan fingerprint density at radius 3 is 2.59 bits per heavy atom. The van der Waals surface area contributed by atoms with E-state index in [0.29, 0.717) is 27.6 Å². The summed E-state index contributed by atoms with van der Waals surface area (Å²) in [6.07, 6.45) is 1.48. The second-order valence-electron chi connectivity index (χ2n) is 6.88. The lowest BCUT2D eigenvalue weighted by molar-refractivity contribution is -0.113. The van der Waals surface area contributed by atoms with Crippen LogP contribution >= 0.6 is 23.4 Å². The lowest BCUT2D eigenvalue weighted by Gasteiger charge is -2.12. The number of benzene rings is 2. The smallest absolute Gasteiger partial charge is 0.236 e. The molecule has 2 aromatic carbocycles. The van der Waals surface area contributed by atoms with Gasteiger partial charge in [0.2, 0.25) is 5.91 Å². The molecule has 4 rings (SSSR count). The molecular weight excluding hydrogens is 446 g/mol. The minimum atomic E-state index is -0.206. The molecule has 0 fully saturated rings. The van der Waals surface area contributed by atoms with Gasteiger partial charge in [-0.2, -0.15) is 0 Å². The van der Waals surface area contributed by atoms with Crippen LogP contribution in [0.5, 0.6) is 5.75 Å². The Morgan fingerprint density at radius 2 is 1.88 bits per heavy atom. The number of hydrogen-bond acceptors (Lipinski definition) is 6. The Labute approximate surface area is 194 Å². The van der Waals surface area contributed by atoms with Crippen LogP contribution in [-0.4, -0.2) is 38.5 Å². The number of rotatable bonds is 7. The standard InChI is InChI=1S/C23H20ClN5O2S/c1-15-7-10-17(11-8-15)29-22(18-5-3-4-6-19(18)31-2)27-28-23(29)32-14-21(30)26-20-12-9-16(24)13-25-20/h3-13H,14H2,1-2H3,(H,25,26,30). The predicted octanol–water partition coefficient (Wildman–Crippen LogP) is 5.03. The van der Waals surface area contributed by atoms with Crippen LogP contribution in [0.1, 0.15) is 5.56 Å². The number of aromatic nitrogens is 4. The van der Waals surface area contributed by atoms with Crippen LogP contribution in [0.15, 0.2) is 72.0 Å². The number of nitrogens with one attached hydrogen (secondary N) is 1. The molecule has 0 atom stereocenters. The number of ether oxygens (including phenoxy) is 1. The molecule has 0 bridgehead atoms. The third kappa shape index (κ3) is 4.92. The highest BCUT2D eigenvalue weighted by Gasteiger charge is 2.19. The van der Waals surface area contributed by atoms with Gasteiger partial charge in [-0.1, -0.05) is 53.2 Å². The second kappa shape index (κ2) is 9.84. The first-order chi connectivity index (χ1) is 15.5. The number of carbonyl (C=O) groups excluding carboxylic acids is 1. The molecule has 0 unspecified atom stereocenters. The van der Waals surface area contributed by atoms with Crippen LogP contribution in [0.2, 0.25) is 5.02 Å². The second-order valence-corrected chi connectivity index (χ2v) is 8.25. The van der Waals surface area contributed by atoms with Crippen LogP contribution in [-0.2, 0) is 4.79 Å². The molecule has 2 aromatic heterocycles. The monoisotopic (exact) mass is 465 g/mol. The highest BCUT2D eigenvalue weighted by Crippen LogP contribution is 2.33. The Bertz CT molecular complexity index is 1230. The van der Waals surface area contributed by atoms with Gasteiger partial charge in [0.15, 0.2) is 11.0 Å². The fraction of sp³-hybridized carbons (Fsp3) is 0.130. The third-order valence-electron chi connectivity index (χ3n) is 4.60. The summed E-state index contributed by atoms with van der Waals surface area (Å²) < 4.78 is 7.45. The Kier molecular flexibility index (Phi) is 6.72. The van der Waals surface area contributed by atoms with E-state index in [9.17, 15) is 4.79 Å². The van der Waals surface area contributed by atoms with Crippen molar-refractivity contribution in [3.63, 3.8) is 0 Å². The van der Waals surface area contributed by atoms with Gasteiger partial charge in [0.05, 0.1) is 23.4 Å². The van der Waals surface area contributed by atoms with E-state index < -0.39 is 0 Å². The molecule has 0 saturated carbocycles. The number of hydrogen-bond donors (Lipinski definition) is 1. The number of aryl methyl sites for hydroxylation is 1. The Hall–Kier alpha value is -3.36. The van der Waals surface area contributed by atoms with E-state index in [1.165, 1.54) is 18.0 Å². The SMILES string of the molecule is COc1ccccc1-c1nnc(SCC(=O)Nc2ccc(Cl)cn2)n1-c1ccc(C)cc1. The van der Waals surface area contributed by atoms with E-state index in [1.54, 1.807) is 19.2 Å². The molecule has 32 heavy (non-hydrogen) atoms. The summed E-state index contributed by atoms with van der Waals surface area (Å²) >= 11 is 7.13. The quantitative estimate of drug-likeness (QED) is 0.385. The maximum atomic E-state index is 12.5. The number of thioether (sulfide) groups is 1. The lowest BCUT2D eigenvalue weighted by atomic mass is 10.1. The number of para-hydroxylation sites is 1. The first-order valence-electron chi connectivity index (χ1n) is 9.75. The molecule has 1 N–H and O–H groups in total. The highest BCUT2D eigenvalue weighted by atomic mass is 35.5. The molecule has 0 aliphatic rings. The van der Waals surface area contributed by atoms with Gasteiger partial charge in [0.25, 0.3) is 0 Å². The normalized spacial score (nSPS) is 10.7. The van der Waals surface area contributed by atoms with Crippen molar-refractivity contribution in [1.82, 2.24) is 19.7 Å². The average molecular weight is 466 g/mol. The van der Waals surface area contributed by atoms with Gasteiger partial charge in [0, 0.05) is 11.9 Å². The summed E-state index contributed by atoms with van der Waals surface area (Å²) in [6.45, 7) is 2.03. The van der Waals surface area contributed by atoms with E-state index in [2.05, 4.69) is 20.5 Å². The van der Waals surface area contributed by atoms with Gasteiger partial charge >= 0.3 is 0 Å². The van der Waals surface area contributed by atoms with Crippen molar-refractivity contribution in [2.75, 3.05) is 18.2 Å². The molecule has 0 saturated heterocycles. The molecule has 4 aromatic rings. The number of pyridine rings is 1. The number of carbonyl (C=O) groups is 1. The Morgan fingerprint density at radius 1 is 1.09 bits per heavy atom. The van der Waals surface area contributed by atoms with Crippen molar-refractivity contribution in [2.45, 2.75) is 12.1 Å². The zero-order valence-corrected chi connectivity index (χ0v) is 19.0. The van der Waals surface area contributed by atoms with Gasteiger partial charge in [-0.15, -0.1) is 10.2 Å².